The van der Waals surface area contributed by atoms with Crippen molar-refractivity contribution in [2.24, 2.45) is 5.73 Å². The molecule has 2 unspecified atom stereocenters. The second kappa shape index (κ2) is 5.94. The second-order valence-electron chi connectivity index (χ2n) is 6.27. The maximum absolute atomic E-state index is 6.22. The van der Waals surface area contributed by atoms with Crippen LogP contribution in [0.15, 0.2) is 0 Å². The Morgan fingerprint density at radius 1 is 1.22 bits per heavy atom. The molecule has 0 bridgehead atoms. The number of nitrogens with zero attached hydrogens (tertiary/aromatic N) is 1. The van der Waals surface area contributed by atoms with Crippen molar-refractivity contribution in [3.63, 3.8) is 0 Å². The summed E-state index contributed by atoms with van der Waals surface area (Å²) in [6.07, 6.45) is 3.92. The van der Waals surface area contributed by atoms with Crippen LogP contribution in [-0.2, 0) is 0 Å². The van der Waals surface area contributed by atoms with Crippen molar-refractivity contribution in [3.05, 3.63) is 0 Å². The minimum absolute atomic E-state index is 0.268. The average molecular weight is 289 g/mol. The van der Waals surface area contributed by atoms with Gasteiger partial charge in [-0.05, 0) is 25.0 Å². The van der Waals surface area contributed by atoms with Gasteiger partial charge in [-0.2, -0.15) is 23.5 Å². The lowest BCUT2D eigenvalue weighted by atomic mass is 9.87. The molecule has 0 spiro atoms. The van der Waals surface area contributed by atoms with Crippen molar-refractivity contribution in [3.8, 4) is 0 Å². The number of hydrogen-bond donors (Lipinski definition) is 1. The minimum atomic E-state index is 0.268. The van der Waals surface area contributed by atoms with E-state index in [0.717, 1.165) is 6.54 Å². The van der Waals surface area contributed by atoms with Crippen LogP contribution in [0.3, 0.4) is 0 Å². The molecule has 2 saturated heterocycles. The lowest BCUT2D eigenvalue weighted by molar-refractivity contribution is 0.0874. The maximum Gasteiger partial charge on any atom is 0.0447 e. The summed E-state index contributed by atoms with van der Waals surface area (Å²) in [6, 6.07) is 0. The van der Waals surface area contributed by atoms with E-state index in [4.69, 9.17) is 5.73 Å². The van der Waals surface area contributed by atoms with Crippen molar-refractivity contribution in [1.29, 1.82) is 0 Å². The zero-order valence-corrected chi connectivity index (χ0v) is 13.7. The van der Waals surface area contributed by atoms with Gasteiger partial charge >= 0.3 is 0 Å². The molecule has 0 amide bonds. The fraction of sp³-hybridized carbons (Fsp3) is 1.00. The van der Waals surface area contributed by atoms with E-state index in [9.17, 15) is 0 Å². The van der Waals surface area contributed by atoms with Gasteiger partial charge in [0.1, 0.15) is 0 Å². The second-order valence-corrected chi connectivity index (χ2v) is 9.52. The molecule has 2 rings (SSSR count). The smallest absolute Gasteiger partial charge is 0.0447 e. The predicted molar refractivity (Wildman–Crippen MR) is 85.7 cm³/mol. The average Bonchev–Trinajstić information content (AvgIpc) is 2.52. The van der Waals surface area contributed by atoms with Crippen molar-refractivity contribution >= 4 is 23.5 Å². The third-order valence-electron chi connectivity index (χ3n) is 4.70. The molecule has 2 heterocycles. The summed E-state index contributed by atoms with van der Waals surface area (Å²) in [5, 5.41) is 0.683. The highest BCUT2D eigenvalue weighted by atomic mass is 32.2. The van der Waals surface area contributed by atoms with E-state index in [1.54, 1.807) is 0 Å². The molecule has 106 valence electrons. The van der Waals surface area contributed by atoms with E-state index in [1.165, 1.54) is 43.9 Å². The molecule has 0 aliphatic carbocycles. The van der Waals surface area contributed by atoms with Crippen LogP contribution in [0, 0.1) is 0 Å². The molecule has 18 heavy (non-hydrogen) atoms. The fourth-order valence-corrected chi connectivity index (χ4v) is 5.71. The first-order chi connectivity index (χ1) is 8.50. The minimum Gasteiger partial charge on any atom is -0.329 e. The number of nitrogens with two attached hydrogens (primary N) is 1. The Hall–Kier alpha value is 0.620. The first-order valence-corrected chi connectivity index (χ1v) is 9.24. The van der Waals surface area contributed by atoms with Crippen molar-refractivity contribution in [1.82, 2.24) is 4.90 Å². The van der Waals surface area contributed by atoms with E-state index in [2.05, 4.69) is 49.2 Å². The van der Waals surface area contributed by atoms with Crippen LogP contribution in [0.1, 0.15) is 40.0 Å². The van der Waals surface area contributed by atoms with Crippen molar-refractivity contribution in [2.75, 3.05) is 31.1 Å². The van der Waals surface area contributed by atoms with Crippen LogP contribution in [0.4, 0.5) is 0 Å². The van der Waals surface area contributed by atoms with E-state index in [-0.39, 0.29) is 5.54 Å². The van der Waals surface area contributed by atoms with Crippen LogP contribution in [0.25, 0.3) is 0 Å². The van der Waals surface area contributed by atoms with E-state index < -0.39 is 0 Å². The van der Waals surface area contributed by atoms with Gasteiger partial charge in [-0.25, -0.2) is 0 Å². The number of rotatable bonds is 2. The lowest BCUT2D eigenvalue weighted by Gasteiger charge is -2.49. The standard InChI is InChI=1S/C14H28N2S2/c1-12-14(11-15,5-4-9-17-12)16-7-6-13(2,3)18-10-8-16/h12H,4-11,15H2,1-3H3. The summed E-state index contributed by atoms with van der Waals surface area (Å²) < 4.78 is 0.440. The molecule has 0 radical (unpaired) electrons. The normalized spacial score (nSPS) is 38.3. The molecular weight excluding hydrogens is 260 g/mol. The third kappa shape index (κ3) is 3.02. The van der Waals surface area contributed by atoms with E-state index in [1.807, 2.05) is 0 Å². The van der Waals surface area contributed by atoms with Crippen LogP contribution >= 0.6 is 23.5 Å². The zero-order valence-electron chi connectivity index (χ0n) is 12.1. The topological polar surface area (TPSA) is 29.3 Å². The summed E-state index contributed by atoms with van der Waals surface area (Å²) in [5.74, 6) is 2.57. The molecular formula is C14H28N2S2. The van der Waals surface area contributed by atoms with Gasteiger partial charge in [-0.15, -0.1) is 0 Å². The van der Waals surface area contributed by atoms with Gasteiger partial charge in [-0.1, -0.05) is 20.8 Å². The van der Waals surface area contributed by atoms with Gasteiger partial charge in [0.25, 0.3) is 0 Å². The third-order valence-corrected chi connectivity index (χ3v) is 7.54. The first-order valence-electron chi connectivity index (χ1n) is 7.21. The van der Waals surface area contributed by atoms with Gasteiger partial charge in [0, 0.05) is 40.9 Å². The summed E-state index contributed by atoms with van der Waals surface area (Å²) in [4.78, 5) is 2.73. The molecule has 0 aromatic carbocycles. The Kier molecular flexibility index (Phi) is 4.96. The largest absolute Gasteiger partial charge is 0.329 e. The first kappa shape index (κ1) is 15.0. The fourth-order valence-electron chi connectivity index (χ4n) is 3.27. The summed E-state index contributed by atoms with van der Waals surface area (Å²) >= 11 is 4.25. The molecule has 2 aliphatic heterocycles. The molecule has 2 fully saturated rings. The Bertz CT molecular complexity index is 283. The Labute approximate surface area is 121 Å². The monoisotopic (exact) mass is 288 g/mol. The Balaban J connectivity index is 2.12. The van der Waals surface area contributed by atoms with E-state index in [0.29, 0.717) is 10.00 Å². The van der Waals surface area contributed by atoms with Gasteiger partial charge in [0.2, 0.25) is 0 Å². The van der Waals surface area contributed by atoms with Gasteiger partial charge in [-0.3, -0.25) is 4.90 Å². The molecule has 0 aromatic heterocycles. The van der Waals surface area contributed by atoms with Crippen LogP contribution in [0.5, 0.6) is 0 Å². The molecule has 2 aliphatic rings. The highest BCUT2D eigenvalue weighted by molar-refractivity contribution is 8.00. The van der Waals surface area contributed by atoms with E-state index >= 15 is 0 Å². The zero-order chi connectivity index (χ0) is 13.2. The number of thioether (sulfide) groups is 2. The molecule has 2 nitrogen and oxygen atoms in total. The Morgan fingerprint density at radius 2 is 2.00 bits per heavy atom. The van der Waals surface area contributed by atoms with Gasteiger partial charge < -0.3 is 5.73 Å². The van der Waals surface area contributed by atoms with Crippen LogP contribution in [0.2, 0.25) is 0 Å². The Morgan fingerprint density at radius 3 is 2.67 bits per heavy atom. The lowest BCUT2D eigenvalue weighted by Crippen LogP contribution is -2.61. The molecule has 0 aromatic rings. The predicted octanol–water partition coefficient (Wildman–Crippen LogP) is 2.82. The quantitative estimate of drug-likeness (QED) is 0.846. The maximum atomic E-state index is 6.22. The highest BCUT2D eigenvalue weighted by Gasteiger charge is 2.43. The molecule has 2 atom stereocenters. The molecule has 4 heteroatoms. The SMILES string of the molecule is CC1SCCCC1(CN)N1CCSC(C)(C)CC1. The molecule has 2 N–H and O–H groups in total. The summed E-state index contributed by atoms with van der Waals surface area (Å²) in [5.41, 5.74) is 6.48. The number of hydrogen-bond acceptors (Lipinski definition) is 4. The highest BCUT2D eigenvalue weighted by Crippen LogP contribution is 2.40. The molecule has 0 saturated carbocycles. The van der Waals surface area contributed by atoms with Crippen LogP contribution < -0.4 is 5.73 Å². The van der Waals surface area contributed by atoms with Gasteiger partial charge in [0.05, 0.1) is 0 Å². The summed E-state index contributed by atoms with van der Waals surface area (Å²) in [7, 11) is 0. The van der Waals surface area contributed by atoms with Crippen molar-refractivity contribution in [2.45, 2.75) is 55.6 Å². The van der Waals surface area contributed by atoms with Crippen LogP contribution in [-0.4, -0.2) is 51.6 Å². The van der Waals surface area contributed by atoms with Crippen molar-refractivity contribution < 1.29 is 0 Å². The summed E-state index contributed by atoms with van der Waals surface area (Å²) in [6.45, 7) is 10.4. The van der Waals surface area contributed by atoms with Gasteiger partial charge in [0.15, 0.2) is 0 Å².